The molecule has 0 radical (unpaired) electrons. The highest BCUT2D eigenvalue weighted by Crippen LogP contribution is 2.15. The highest BCUT2D eigenvalue weighted by atomic mass is 32.2. The summed E-state index contributed by atoms with van der Waals surface area (Å²) in [5.41, 5.74) is 6.06. The van der Waals surface area contributed by atoms with Gasteiger partial charge >= 0.3 is 12.0 Å². The number of primary amides is 1. The number of carbonyl (C=O) groups is 3. The van der Waals surface area contributed by atoms with Crippen molar-refractivity contribution in [1.29, 1.82) is 0 Å². The van der Waals surface area contributed by atoms with Crippen LogP contribution in [0, 0.1) is 0 Å². The van der Waals surface area contributed by atoms with Crippen LogP contribution in [0.2, 0.25) is 0 Å². The lowest BCUT2D eigenvalue weighted by Gasteiger charge is -2.19. The number of nitrogens with one attached hydrogen (secondary N) is 1. The molecule has 0 aliphatic heterocycles. The van der Waals surface area contributed by atoms with Crippen LogP contribution in [0.15, 0.2) is 29.2 Å². The monoisotopic (exact) mass is 399 g/mol. The Labute approximate surface area is 162 Å². The van der Waals surface area contributed by atoms with Crippen molar-refractivity contribution in [3.8, 4) is 0 Å². The summed E-state index contributed by atoms with van der Waals surface area (Å²) in [7, 11) is 1.64. The third kappa shape index (κ3) is 8.01. The Hall–Kier alpha value is -1.87. The minimum Gasteiger partial charge on any atom is -0.454 e. The Morgan fingerprint density at radius 2 is 1.88 bits per heavy atom. The van der Waals surface area contributed by atoms with Crippen molar-refractivity contribution in [3.05, 3.63) is 29.8 Å². The van der Waals surface area contributed by atoms with Gasteiger partial charge in [0, 0.05) is 18.5 Å². The number of nitrogens with zero attached hydrogens (tertiary/aromatic N) is 1. The van der Waals surface area contributed by atoms with Gasteiger partial charge in [0.25, 0.3) is 5.91 Å². The van der Waals surface area contributed by atoms with Crippen LogP contribution >= 0.6 is 23.5 Å². The number of ether oxygens (including phenoxy) is 1. The van der Waals surface area contributed by atoms with E-state index in [9.17, 15) is 14.4 Å². The number of thioether (sulfide) groups is 2. The Kier molecular flexibility index (Phi) is 9.97. The van der Waals surface area contributed by atoms with Crippen molar-refractivity contribution in [2.75, 3.05) is 31.9 Å². The van der Waals surface area contributed by atoms with E-state index in [1.807, 2.05) is 36.8 Å². The predicted octanol–water partition coefficient (Wildman–Crippen LogP) is 1.70. The maximum Gasteiger partial charge on any atom is 0.329 e. The van der Waals surface area contributed by atoms with Gasteiger partial charge in [-0.3, -0.25) is 4.79 Å². The molecule has 1 aromatic rings. The Balaban J connectivity index is 2.51. The SMILES string of the molecule is CSCC[C@H](NC(N)=O)C(=O)OCC(=O)N(C)Cc1ccc(SC)cc1. The van der Waals surface area contributed by atoms with Gasteiger partial charge in [-0.2, -0.15) is 11.8 Å². The van der Waals surface area contributed by atoms with Gasteiger partial charge in [-0.1, -0.05) is 12.1 Å². The summed E-state index contributed by atoms with van der Waals surface area (Å²) in [5.74, 6) is -0.334. The zero-order chi connectivity index (χ0) is 19.5. The summed E-state index contributed by atoms with van der Waals surface area (Å²) in [6.07, 6.45) is 4.27. The zero-order valence-corrected chi connectivity index (χ0v) is 16.8. The van der Waals surface area contributed by atoms with E-state index >= 15 is 0 Å². The molecule has 0 aliphatic carbocycles. The van der Waals surface area contributed by atoms with Gasteiger partial charge in [-0.15, -0.1) is 11.8 Å². The molecule has 9 heteroatoms. The average Bonchev–Trinajstić information content (AvgIpc) is 2.63. The van der Waals surface area contributed by atoms with E-state index in [2.05, 4.69) is 5.32 Å². The minimum absolute atomic E-state index is 0.324. The highest BCUT2D eigenvalue weighted by molar-refractivity contribution is 7.98. The molecule has 0 unspecified atom stereocenters. The first-order valence-corrected chi connectivity index (χ1v) is 10.6. The first-order valence-electron chi connectivity index (χ1n) is 7.95. The topological polar surface area (TPSA) is 102 Å². The summed E-state index contributed by atoms with van der Waals surface area (Å²) in [6.45, 7) is 0.0366. The second kappa shape index (κ2) is 11.7. The molecule has 0 bridgehead atoms. The van der Waals surface area contributed by atoms with Crippen LogP contribution < -0.4 is 11.1 Å². The molecule has 1 rings (SSSR count). The lowest BCUT2D eigenvalue weighted by Crippen LogP contribution is -2.45. The van der Waals surface area contributed by atoms with Crippen molar-refractivity contribution in [2.24, 2.45) is 5.73 Å². The van der Waals surface area contributed by atoms with Crippen LogP contribution in [-0.2, 0) is 20.9 Å². The number of urea groups is 1. The van der Waals surface area contributed by atoms with Crippen LogP contribution in [0.1, 0.15) is 12.0 Å². The molecule has 0 heterocycles. The van der Waals surface area contributed by atoms with Crippen LogP contribution in [0.5, 0.6) is 0 Å². The predicted molar refractivity (Wildman–Crippen MR) is 105 cm³/mol. The summed E-state index contributed by atoms with van der Waals surface area (Å²) in [6, 6.07) is 6.24. The Bertz CT molecular complexity index is 611. The molecule has 0 saturated carbocycles. The molecule has 0 fully saturated rings. The Morgan fingerprint density at radius 1 is 1.23 bits per heavy atom. The van der Waals surface area contributed by atoms with Crippen LogP contribution in [0.4, 0.5) is 4.79 Å². The minimum atomic E-state index is -0.850. The molecular weight excluding hydrogens is 374 g/mol. The fourth-order valence-electron chi connectivity index (χ4n) is 2.09. The van der Waals surface area contributed by atoms with Gasteiger partial charge in [-0.05, 0) is 42.4 Å². The number of rotatable bonds is 10. The van der Waals surface area contributed by atoms with E-state index in [1.165, 1.54) is 16.7 Å². The zero-order valence-electron chi connectivity index (χ0n) is 15.2. The van der Waals surface area contributed by atoms with Gasteiger partial charge in [0.1, 0.15) is 6.04 Å². The van der Waals surface area contributed by atoms with Crippen molar-refractivity contribution in [2.45, 2.75) is 23.9 Å². The highest BCUT2D eigenvalue weighted by Gasteiger charge is 2.22. The van der Waals surface area contributed by atoms with Crippen molar-refractivity contribution >= 4 is 41.4 Å². The summed E-state index contributed by atoms with van der Waals surface area (Å²) in [5, 5.41) is 2.34. The Morgan fingerprint density at radius 3 is 2.42 bits per heavy atom. The van der Waals surface area contributed by atoms with Gasteiger partial charge in [-0.25, -0.2) is 9.59 Å². The number of amides is 3. The van der Waals surface area contributed by atoms with E-state index in [-0.39, 0.29) is 12.5 Å². The maximum absolute atomic E-state index is 12.2. The lowest BCUT2D eigenvalue weighted by atomic mass is 10.2. The lowest BCUT2D eigenvalue weighted by molar-refractivity contribution is -0.153. The summed E-state index contributed by atoms with van der Waals surface area (Å²) < 4.78 is 5.05. The first-order chi connectivity index (χ1) is 12.4. The third-order valence-corrected chi connectivity index (χ3v) is 4.94. The molecule has 0 saturated heterocycles. The smallest absolute Gasteiger partial charge is 0.329 e. The van der Waals surface area contributed by atoms with Gasteiger partial charge < -0.3 is 20.7 Å². The van der Waals surface area contributed by atoms with Gasteiger partial charge in [0.2, 0.25) is 0 Å². The van der Waals surface area contributed by atoms with E-state index in [1.54, 1.807) is 18.8 Å². The van der Waals surface area contributed by atoms with Crippen molar-refractivity contribution < 1.29 is 19.1 Å². The van der Waals surface area contributed by atoms with Gasteiger partial charge in [0.05, 0.1) is 0 Å². The molecule has 3 amide bonds. The molecule has 1 atom stereocenters. The van der Waals surface area contributed by atoms with E-state index < -0.39 is 18.0 Å². The molecule has 7 nitrogen and oxygen atoms in total. The fraction of sp³-hybridized carbons (Fsp3) is 0.471. The standard InChI is InChI=1S/C17H25N3O4S2/c1-20(10-12-4-6-13(26-3)7-5-12)15(21)11-24-16(22)14(8-9-25-2)19-17(18)23/h4-7,14H,8-11H2,1-3H3,(H3,18,19,23)/t14-/m0/s1. The number of hydrogen-bond donors (Lipinski definition) is 2. The first kappa shape index (κ1) is 22.2. The second-order valence-electron chi connectivity index (χ2n) is 5.55. The van der Waals surface area contributed by atoms with Gasteiger partial charge in [0.15, 0.2) is 6.61 Å². The molecular formula is C17H25N3O4S2. The number of benzene rings is 1. The molecule has 26 heavy (non-hydrogen) atoms. The summed E-state index contributed by atoms with van der Waals surface area (Å²) >= 11 is 3.18. The largest absolute Gasteiger partial charge is 0.454 e. The molecule has 0 aliphatic rings. The molecule has 3 N–H and O–H groups in total. The number of nitrogens with two attached hydrogens (primary N) is 1. The average molecular weight is 400 g/mol. The molecule has 0 aromatic heterocycles. The second-order valence-corrected chi connectivity index (χ2v) is 7.41. The third-order valence-electron chi connectivity index (χ3n) is 3.55. The normalized spacial score (nSPS) is 11.5. The number of hydrogen-bond acceptors (Lipinski definition) is 6. The van der Waals surface area contributed by atoms with E-state index in [4.69, 9.17) is 10.5 Å². The van der Waals surface area contributed by atoms with Crippen molar-refractivity contribution in [1.82, 2.24) is 10.2 Å². The number of esters is 1. The molecule has 1 aromatic carbocycles. The number of carbonyl (C=O) groups excluding carboxylic acids is 3. The quantitative estimate of drug-likeness (QED) is 0.459. The van der Waals surface area contributed by atoms with E-state index in [0.29, 0.717) is 18.7 Å². The maximum atomic E-state index is 12.2. The van der Waals surface area contributed by atoms with Crippen molar-refractivity contribution in [3.63, 3.8) is 0 Å². The molecule has 144 valence electrons. The van der Waals surface area contributed by atoms with Crippen LogP contribution in [0.25, 0.3) is 0 Å². The number of likely N-dealkylation sites (N-methyl/N-ethyl adjacent to an activating group) is 1. The van der Waals surface area contributed by atoms with Crippen LogP contribution in [0.3, 0.4) is 0 Å². The van der Waals surface area contributed by atoms with Crippen LogP contribution in [-0.4, -0.2) is 60.8 Å². The molecule has 0 spiro atoms. The fourth-order valence-corrected chi connectivity index (χ4v) is 2.97. The van der Waals surface area contributed by atoms with E-state index in [0.717, 1.165) is 10.5 Å². The summed E-state index contributed by atoms with van der Waals surface area (Å²) in [4.78, 5) is 37.9.